The Bertz CT molecular complexity index is 1500. The van der Waals surface area contributed by atoms with Crippen LogP contribution in [0, 0.1) is 0 Å². The fourth-order valence-electron chi connectivity index (χ4n) is 4.24. The second-order valence-electron chi connectivity index (χ2n) is 8.04. The zero-order valence-electron chi connectivity index (χ0n) is 18.3. The number of hydrogen-bond acceptors (Lipinski definition) is 4. The monoisotopic (exact) mass is 436 g/mol. The van der Waals surface area contributed by atoms with E-state index in [0.717, 1.165) is 22.2 Å². The number of nitrogens with zero attached hydrogens (tertiary/aromatic N) is 2. The molecule has 0 saturated heterocycles. The molecule has 3 aromatic carbocycles. The van der Waals surface area contributed by atoms with Crippen LogP contribution in [0.1, 0.15) is 23.1 Å². The summed E-state index contributed by atoms with van der Waals surface area (Å²) >= 11 is 0. The number of hydrogen-bond donors (Lipinski definition) is 2. The Kier molecular flexibility index (Phi) is 5.59. The molecule has 2 heterocycles. The lowest BCUT2D eigenvalue weighted by molar-refractivity contribution is 0.0930. The highest BCUT2D eigenvalue weighted by Crippen LogP contribution is 2.30. The summed E-state index contributed by atoms with van der Waals surface area (Å²) in [7, 11) is 0. The first kappa shape index (κ1) is 20.8. The predicted octanol–water partition coefficient (Wildman–Crippen LogP) is 4.78. The van der Waals surface area contributed by atoms with E-state index in [1.807, 2.05) is 84.6 Å². The number of benzene rings is 3. The molecule has 0 unspecified atom stereocenters. The van der Waals surface area contributed by atoms with Crippen LogP contribution in [-0.4, -0.2) is 38.7 Å². The Morgan fingerprint density at radius 2 is 1.58 bits per heavy atom. The molecule has 0 saturated carbocycles. The van der Waals surface area contributed by atoms with Crippen LogP contribution in [0.5, 0.6) is 0 Å². The molecule has 0 aliphatic carbocycles. The molecule has 0 radical (unpaired) electrons. The molecule has 5 aromatic rings. The molecule has 0 aliphatic heterocycles. The first-order chi connectivity index (χ1) is 16.1. The van der Waals surface area contributed by atoms with Crippen molar-refractivity contribution in [3.05, 3.63) is 101 Å². The fourth-order valence-corrected chi connectivity index (χ4v) is 4.24. The molecule has 0 fully saturated rings. The lowest BCUT2D eigenvalue weighted by Crippen LogP contribution is -2.31. The first-order valence-corrected chi connectivity index (χ1v) is 11.0. The largest absolute Gasteiger partial charge is 0.354 e. The maximum atomic E-state index is 13.6. The average molecular weight is 437 g/mol. The Labute approximate surface area is 190 Å². The van der Waals surface area contributed by atoms with Gasteiger partial charge in [-0.05, 0) is 30.3 Å². The van der Waals surface area contributed by atoms with Crippen molar-refractivity contribution in [2.45, 2.75) is 13.5 Å². The number of likely N-dealkylation sites (N-methyl/N-ethyl adjacent to an activating group) is 1. The number of carbonyl (C=O) groups is 1. The van der Waals surface area contributed by atoms with Gasteiger partial charge in [0.2, 0.25) is 0 Å². The Hall–Kier alpha value is -4.03. The highest BCUT2D eigenvalue weighted by atomic mass is 16.1. The number of para-hydroxylation sites is 2. The van der Waals surface area contributed by atoms with Gasteiger partial charge in [-0.15, -0.1) is 0 Å². The van der Waals surface area contributed by atoms with Crippen molar-refractivity contribution in [2.75, 3.05) is 13.1 Å². The van der Waals surface area contributed by atoms with Crippen LogP contribution in [-0.2, 0) is 6.54 Å². The van der Waals surface area contributed by atoms with Crippen LogP contribution in [0.2, 0.25) is 0 Å². The number of H-pyrrole nitrogens is 2. The van der Waals surface area contributed by atoms with Crippen molar-refractivity contribution in [1.29, 1.82) is 0 Å². The van der Waals surface area contributed by atoms with Crippen molar-refractivity contribution in [3.63, 3.8) is 0 Å². The molecule has 0 amide bonds. The number of nitrogens with one attached hydrogen (secondary N) is 2. The third-order valence-electron chi connectivity index (χ3n) is 5.90. The van der Waals surface area contributed by atoms with E-state index in [-0.39, 0.29) is 17.9 Å². The summed E-state index contributed by atoms with van der Waals surface area (Å²) in [6, 6.07) is 25.0. The Balaban J connectivity index is 1.47. The number of Topliss-reactive ketones (excluding diaryl/α,β-unsaturated/α-hetero) is 1. The molecular formula is C27H24N4O2. The van der Waals surface area contributed by atoms with E-state index in [9.17, 15) is 9.59 Å². The van der Waals surface area contributed by atoms with E-state index in [0.29, 0.717) is 35.4 Å². The van der Waals surface area contributed by atoms with Crippen LogP contribution in [0.4, 0.5) is 0 Å². The van der Waals surface area contributed by atoms with Crippen molar-refractivity contribution in [1.82, 2.24) is 19.9 Å². The van der Waals surface area contributed by atoms with E-state index in [1.54, 1.807) is 6.07 Å². The van der Waals surface area contributed by atoms with Gasteiger partial charge in [0.25, 0.3) is 5.56 Å². The summed E-state index contributed by atoms with van der Waals surface area (Å²) in [5, 5.41) is 1.47. The number of fused-ring (bicyclic) bond motifs is 2. The van der Waals surface area contributed by atoms with Gasteiger partial charge < -0.3 is 9.97 Å². The summed E-state index contributed by atoms with van der Waals surface area (Å²) in [4.78, 5) is 38.9. The minimum absolute atomic E-state index is 0.0243. The van der Waals surface area contributed by atoms with Gasteiger partial charge in [0.05, 0.1) is 35.2 Å². The van der Waals surface area contributed by atoms with Gasteiger partial charge in [-0.2, -0.15) is 0 Å². The lowest BCUT2D eigenvalue weighted by Gasteiger charge is -2.19. The van der Waals surface area contributed by atoms with Crippen LogP contribution >= 0.6 is 0 Å². The third-order valence-corrected chi connectivity index (χ3v) is 5.90. The van der Waals surface area contributed by atoms with Gasteiger partial charge in [-0.1, -0.05) is 67.6 Å². The van der Waals surface area contributed by atoms with Gasteiger partial charge in [-0.3, -0.25) is 14.5 Å². The van der Waals surface area contributed by atoms with Crippen molar-refractivity contribution in [2.24, 2.45) is 0 Å². The third kappa shape index (κ3) is 4.08. The van der Waals surface area contributed by atoms with E-state index in [4.69, 9.17) is 0 Å². The standard InChI is InChI=1S/C27H24N4O2/c1-2-31(17-24-28-22-15-9-7-13-20(22)27(33)30-24)16-23(32)25-19-12-6-8-14-21(19)29-26(25)18-10-4-3-5-11-18/h3-15,29H,2,16-17H2,1H3,(H,28,30,33). The molecule has 6 heteroatoms. The molecular weight excluding hydrogens is 412 g/mol. The number of carbonyl (C=O) groups excluding carboxylic acids is 1. The lowest BCUT2D eigenvalue weighted by atomic mass is 10.0. The molecule has 0 atom stereocenters. The Morgan fingerprint density at radius 3 is 2.36 bits per heavy atom. The smallest absolute Gasteiger partial charge is 0.258 e. The van der Waals surface area contributed by atoms with Crippen LogP contribution < -0.4 is 5.56 Å². The maximum Gasteiger partial charge on any atom is 0.258 e. The highest BCUT2D eigenvalue weighted by Gasteiger charge is 2.21. The molecule has 2 N–H and O–H groups in total. The molecule has 2 aromatic heterocycles. The van der Waals surface area contributed by atoms with E-state index < -0.39 is 0 Å². The second kappa shape index (κ2) is 8.84. The molecule has 33 heavy (non-hydrogen) atoms. The van der Waals surface area contributed by atoms with Gasteiger partial charge in [0, 0.05) is 10.9 Å². The summed E-state index contributed by atoms with van der Waals surface area (Å²) in [6.07, 6.45) is 0. The zero-order chi connectivity index (χ0) is 22.8. The van der Waals surface area contributed by atoms with Crippen LogP contribution in [0.25, 0.3) is 33.1 Å². The second-order valence-corrected chi connectivity index (χ2v) is 8.04. The molecule has 6 nitrogen and oxygen atoms in total. The summed E-state index contributed by atoms with van der Waals surface area (Å²) < 4.78 is 0. The van der Waals surface area contributed by atoms with Crippen LogP contribution in [0.15, 0.2) is 83.7 Å². The molecule has 164 valence electrons. The number of aromatic nitrogens is 3. The highest BCUT2D eigenvalue weighted by molar-refractivity contribution is 6.14. The normalized spacial score (nSPS) is 11.5. The fraction of sp³-hybridized carbons (Fsp3) is 0.148. The van der Waals surface area contributed by atoms with Gasteiger partial charge in [0.15, 0.2) is 5.78 Å². The molecule has 0 aliphatic rings. The molecule has 5 rings (SSSR count). The summed E-state index contributed by atoms with van der Waals surface area (Å²) in [5.41, 5.74) is 3.91. The van der Waals surface area contributed by atoms with Gasteiger partial charge >= 0.3 is 0 Å². The number of ketones is 1. The Morgan fingerprint density at radius 1 is 0.879 bits per heavy atom. The van der Waals surface area contributed by atoms with Crippen molar-refractivity contribution >= 4 is 27.6 Å². The summed E-state index contributed by atoms with van der Waals surface area (Å²) in [5.74, 6) is 0.576. The molecule has 0 bridgehead atoms. The average Bonchev–Trinajstić information content (AvgIpc) is 3.24. The van der Waals surface area contributed by atoms with Crippen molar-refractivity contribution in [3.8, 4) is 11.3 Å². The van der Waals surface area contributed by atoms with E-state index in [2.05, 4.69) is 15.0 Å². The SMILES string of the molecule is CCN(CC(=O)c1c(-c2ccccc2)[nH]c2ccccc12)Cc1nc2ccccc2c(=O)[nH]1. The van der Waals surface area contributed by atoms with E-state index in [1.165, 1.54) is 0 Å². The van der Waals surface area contributed by atoms with E-state index >= 15 is 0 Å². The minimum atomic E-state index is -0.166. The van der Waals surface area contributed by atoms with Gasteiger partial charge in [0.1, 0.15) is 5.82 Å². The first-order valence-electron chi connectivity index (χ1n) is 11.0. The minimum Gasteiger partial charge on any atom is -0.354 e. The topological polar surface area (TPSA) is 81.8 Å². The maximum absolute atomic E-state index is 13.6. The number of rotatable bonds is 7. The van der Waals surface area contributed by atoms with Gasteiger partial charge in [-0.25, -0.2) is 4.98 Å². The van der Waals surface area contributed by atoms with Crippen molar-refractivity contribution < 1.29 is 4.79 Å². The zero-order valence-corrected chi connectivity index (χ0v) is 18.3. The van der Waals surface area contributed by atoms with Crippen LogP contribution in [0.3, 0.4) is 0 Å². The summed E-state index contributed by atoms with van der Waals surface area (Å²) in [6.45, 7) is 3.24. The predicted molar refractivity (Wildman–Crippen MR) is 131 cm³/mol. The quantitative estimate of drug-likeness (QED) is 0.360. The number of aromatic amines is 2. The molecule has 0 spiro atoms.